The molecule has 0 radical (unpaired) electrons. The number of thioether (sulfide) groups is 1. The Kier molecular flexibility index (Phi) is 5.80. The van der Waals surface area contributed by atoms with Crippen molar-refractivity contribution in [3.8, 4) is 0 Å². The van der Waals surface area contributed by atoms with Gasteiger partial charge in [0, 0.05) is 5.75 Å². The molecule has 0 aromatic rings. The van der Waals surface area contributed by atoms with Crippen LogP contribution in [-0.2, 0) is 10.8 Å². The molecule has 0 aromatic heterocycles. The lowest BCUT2D eigenvalue weighted by atomic mass is 10.2. The number of allylic oxidation sites excluding steroid dienone is 1. The first kappa shape index (κ1) is 11.3. The van der Waals surface area contributed by atoms with Crippen LogP contribution in [0.2, 0.25) is 0 Å². The summed E-state index contributed by atoms with van der Waals surface area (Å²) in [6.45, 7) is 2.21. The van der Waals surface area contributed by atoms with Crippen molar-refractivity contribution in [1.29, 1.82) is 0 Å². The zero-order valence-electron chi connectivity index (χ0n) is 8.25. The minimum Gasteiger partial charge on any atom is -0.254 e. The van der Waals surface area contributed by atoms with Gasteiger partial charge in [-0.1, -0.05) is 25.8 Å². The molecule has 76 valence electrons. The molecule has 1 atom stereocenters. The van der Waals surface area contributed by atoms with Crippen LogP contribution in [0.25, 0.3) is 0 Å². The van der Waals surface area contributed by atoms with Crippen LogP contribution in [0.4, 0.5) is 0 Å². The van der Waals surface area contributed by atoms with Crippen molar-refractivity contribution < 1.29 is 4.21 Å². The lowest BCUT2D eigenvalue weighted by Gasteiger charge is -2.12. The summed E-state index contributed by atoms with van der Waals surface area (Å²) in [5.41, 5.74) is 0. The van der Waals surface area contributed by atoms with Crippen LogP contribution in [0.5, 0.6) is 0 Å². The lowest BCUT2D eigenvalue weighted by Crippen LogP contribution is -2.06. The molecule has 0 saturated carbocycles. The maximum atomic E-state index is 11.5. The lowest BCUT2D eigenvalue weighted by molar-refractivity contribution is 0.686. The van der Waals surface area contributed by atoms with Gasteiger partial charge >= 0.3 is 0 Å². The molecular formula is C10H18OS2. The number of rotatable bonds is 4. The fourth-order valence-electron chi connectivity index (χ4n) is 1.30. The van der Waals surface area contributed by atoms with E-state index in [4.69, 9.17) is 0 Å². The summed E-state index contributed by atoms with van der Waals surface area (Å²) in [6.07, 6.45) is 8.22. The minimum absolute atomic E-state index is 0.659. The van der Waals surface area contributed by atoms with Crippen molar-refractivity contribution in [2.45, 2.75) is 39.0 Å². The molecule has 0 bridgehead atoms. The third-order valence-corrected chi connectivity index (χ3v) is 5.19. The normalized spacial score (nSPS) is 26.5. The van der Waals surface area contributed by atoms with E-state index in [1.807, 2.05) is 0 Å². The highest BCUT2D eigenvalue weighted by Crippen LogP contribution is 2.27. The molecule has 0 amide bonds. The van der Waals surface area contributed by atoms with Crippen LogP contribution < -0.4 is 0 Å². The summed E-state index contributed by atoms with van der Waals surface area (Å²) in [5, 5.41) is 0. The van der Waals surface area contributed by atoms with E-state index in [0.29, 0.717) is 0 Å². The summed E-state index contributed by atoms with van der Waals surface area (Å²) in [7, 11) is -0.659. The van der Waals surface area contributed by atoms with Crippen molar-refractivity contribution >= 4 is 22.6 Å². The Morgan fingerprint density at radius 3 is 3.08 bits per heavy atom. The van der Waals surface area contributed by atoms with Crippen LogP contribution in [0.1, 0.15) is 39.0 Å². The van der Waals surface area contributed by atoms with Crippen LogP contribution in [-0.4, -0.2) is 15.7 Å². The van der Waals surface area contributed by atoms with Crippen LogP contribution in [0, 0.1) is 0 Å². The van der Waals surface area contributed by atoms with Gasteiger partial charge in [0.1, 0.15) is 0 Å². The maximum absolute atomic E-state index is 11.5. The summed E-state index contributed by atoms with van der Waals surface area (Å²) < 4.78 is 12.6. The second-order valence-corrected chi connectivity index (χ2v) is 6.20. The third-order valence-electron chi connectivity index (χ3n) is 2.06. The first-order valence-corrected chi connectivity index (χ1v) is 7.36. The fourth-order valence-corrected chi connectivity index (χ4v) is 4.14. The van der Waals surface area contributed by atoms with Crippen LogP contribution in [0.15, 0.2) is 10.3 Å². The van der Waals surface area contributed by atoms with Crippen LogP contribution in [0.3, 0.4) is 0 Å². The van der Waals surface area contributed by atoms with E-state index in [1.54, 1.807) is 11.8 Å². The van der Waals surface area contributed by atoms with Crippen molar-refractivity contribution in [2.24, 2.45) is 0 Å². The summed E-state index contributed by atoms with van der Waals surface area (Å²) in [4.78, 5) is 0. The highest BCUT2D eigenvalue weighted by Gasteiger charge is 2.12. The summed E-state index contributed by atoms with van der Waals surface area (Å²) in [5.74, 6) is 2.04. The number of hydrogen-bond donors (Lipinski definition) is 0. The fraction of sp³-hybridized carbons (Fsp3) is 0.800. The minimum atomic E-state index is -0.659. The number of unbranched alkanes of at least 4 members (excludes halogenated alkanes) is 3. The molecule has 0 aromatic carbocycles. The molecule has 1 aliphatic heterocycles. The maximum Gasteiger partial charge on any atom is 0.0676 e. The zero-order chi connectivity index (χ0) is 9.52. The Morgan fingerprint density at radius 2 is 2.38 bits per heavy atom. The molecule has 0 spiro atoms. The molecule has 1 heterocycles. The van der Waals surface area contributed by atoms with Crippen molar-refractivity contribution in [1.82, 2.24) is 0 Å². The quantitative estimate of drug-likeness (QED) is 0.674. The molecule has 0 N–H and O–H groups in total. The van der Waals surface area contributed by atoms with Gasteiger partial charge in [0.2, 0.25) is 0 Å². The third kappa shape index (κ3) is 4.32. The van der Waals surface area contributed by atoms with Gasteiger partial charge in [0.25, 0.3) is 0 Å². The molecule has 3 heteroatoms. The van der Waals surface area contributed by atoms with E-state index < -0.39 is 10.8 Å². The van der Waals surface area contributed by atoms with Gasteiger partial charge in [0.15, 0.2) is 0 Å². The van der Waals surface area contributed by atoms with Gasteiger partial charge in [-0.15, -0.1) is 11.8 Å². The first-order valence-electron chi connectivity index (χ1n) is 5.06. The standard InChI is InChI=1S/C10H18OS2/c1-2-3-4-5-7-10-12-8-6-9-13(10)11/h7H,2-6,8-9H2,1H3/b10-7-. The Balaban J connectivity index is 2.27. The average Bonchev–Trinajstić information content (AvgIpc) is 2.15. The molecule has 1 nitrogen and oxygen atoms in total. The van der Waals surface area contributed by atoms with E-state index in [2.05, 4.69) is 13.0 Å². The topological polar surface area (TPSA) is 17.1 Å². The highest BCUT2D eigenvalue weighted by molar-refractivity contribution is 8.17. The monoisotopic (exact) mass is 218 g/mol. The van der Waals surface area contributed by atoms with Gasteiger partial charge in [-0.3, -0.25) is 4.21 Å². The predicted octanol–water partition coefficient (Wildman–Crippen LogP) is 3.29. The average molecular weight is 218 g/mol. The smallest absolute Gasteiger partial charge is 0.0676 e. The Hall–Kier alpha value is 0.240. The van der Waals surface area contributed by atoms with Gasteiger partial charge < -0.3 is 0 Å². The number of hydrogen-bond acceptors (Lipinski definition) is 2. The molecule has 0 aliphatic carbocycles. The van der Waals surface area contributed by atoms with E-state index in [1.165, 1.54) is 19.3 Å². The van der Waals surface area contributed by atoms with E-state index in [9.17, 15) is 4.21 Å². The van der Waals surface area contributed by atoms with Gasteiger partial charge in [-0.25, -0.2) is 0 Å². The van der Waals surface area contributed by atoms with Crippen LogP contribution >= 0.6 is 11.8 Å². The second kappa shape index (κ2) is 6.66. The largest absolute Gasteiger partial charge is 0.254 e. The molecular weight excluding hydrogens is 200 g/mol. The van der Waals surface area contributed by atoms with E-state index in [-0.39, 0.29) is 0 Å². The molecule has 13 heavy (non-hydrogen) atoms. The van der Waals surface area contributed by atoms with E-state index in [0.717, 1.165) is 28.6 Å². The predicted molar refractivity (Wildman–Crippen MR) is 62.3 cm³/mol. The van der Waals surface area contributed by atoms with Crippen molar-refractivity contribution in [2.75, 3.05) is 11.5 Å². The first-order chi connectivity index (χ1) is 6.34. The second-order valence-electron chi connectivity index (χ2n) is 3.27. The SMILES string of the molecule is CCCCC/C=C1/SCCCS1=O. The highest BCUT2D eigenvalue weighted by atomic mass is 32.2. The summed E-state index contributed by atoms with van der Waals surface area (Å²) >= 11 is 1.79. The molecule has 1 saturated heterocycles. The Morgan fingerprint density at radius 1 is 1.54 bits per heavy atom. The Bertz CT molecular complexity index is 199. The van der Waals surface area contributed by atoms with Gasteiger partial charge in [-0.05, 0) is 25.0 Å². The molecule has 1 fully saturated rings. The van der Waals surface area contributed by atoms with Gasteiger partial charge in [-0.2, -0.15) is 0 Å². The Labute approximate surface area is 87.8 Å². The molecule has 1 unspecified atom stereocenters. The molecule has 1 rings (SSSR count). The van der Waals surface area contributed by atoms with Crippen molar-refractivity contribution in [3.63, 3.8) is 0 Å². The van der Waals surface area contributed by atoms with Crippen molar-refractivity contribution in [3.05, 3.63) is 10.3 Å². The zero-order valence-corrected chi connectivity index (χ0v) is 9.88. The van der Waals surface area contributed by atoms with Gasteiger partial charge in [0.05, 0.1) is 15.0 Å². The summed E-state index contributed by atoms with van der Waals surface area (Å²) in [6, 6.07) is 0. The molecule has 1 aliphatic rings. The van der Waals surface area contributed by atoms with E-state index >= 15 is 0 Å².